The second kappa shape index (κ2) is 6.59. The van der Waals surface area contributed by atoms with Crippen LogP contribution in [-0.4, -0.2) is 35.9 Å². The van der Waals surface area contributed by atoms with E-state index in [4.69, 9.17) is 5.11 Å². The molecule has 0 atom stereocenters. The van der Waals surface area contributed by atoms with Crippen molar-refractivity contribution in [1.29, 1.82) is 0 Å². The monoisotopic (exact) mass is 323 g/mol. The fourth-order valence-electron chi connectivity index (χ4n) is 3.29. The van der Waals surface area contributed by atoms with E-state index in [-0.39, 0.29) is 6.61 Å². The van der Waals surface area contributed by atoms with Crippen LogP contribution in [0.3, 0.4) is 0 Å². The number of rotatable bonds is 6. The van der Waals surface area contributed by atoms with Crippen LogP contribution in [0.5, 0.6) is 0 Å². The Hall–Kier alpha value is -2.44. The molecule has 0 unspecified atom stereocenters. The molecule has 3 heterocycles. The lowest BCUT2D eigenvalue weighted by Crippen LogP contribution is -2.21. The van der Waals surface area contributed by atoms with Crippen molar-refractivity contribution in [3.05, 3.63) is 71.6 Å². The van der Waals surface area contributed by atoms with E-state index in [9.17, 15) is 0 Å². The molecule has 0 spiro atoms. The Kier molecular flexibility index (Phi) is 4.15. The fourth-order valence-corrected chi connectivity index (χ4v) is 3.29. The molecule has 2 aromatic heterocycles. The molecule has 1 aliphatic rings. The average Bonchev–Trinajstić information content (AvgIpc) is 3.28. The Morgan fingerprint density at radius 2 is 1.96 bits per heavy atom. The molecule has 24 heavy (non-hydrogen) atoms. The first-order valence-electron chi connectivity index (χ1n) is 8.24. The molecule has 3 aromatic rings. The van der Waals surface area contributed by atoms with Gasteiger partial charge in [0.2, 0.25) is 0 Å². The standard InChI is InChI=1S/C18H21N5O/c24-9-8-23-17-13-21(12-16(17)10-20-23)14-18-19-6-7-22(18)11-15-4-2-1-3-5-15/h1-7,10,24H,8-9,11-14H2. The summed E-state index contributed by atoms with van der Waals surface area (Å²) in [6, 6.07) is 10.4. The molecule has 124 valence electrons. The molecule has 0 aliphatic carbocycles. The molecule has 0 radical (unpaired) electrons. The third kappa shape index (κ3) is 2.98. The topological polar surface area (TPSA) is 59.1 Å². The molecule has 1 aliphatic heterocycles. The van der Waals surface area contributed by atoms with E-state index in [2.05, 4.69) is 43.8 Å². The largest absolute Gasteiger partial charge is 0.394 e. The van der Waals surface area contributed by atoms with E-state index in [1.165, 1.54) is 16.8 Å². The van der Waals surface area contributed by atoms with E-state index < -0.39 is 0 Å². The van der Waals surface area contributed by atoms with Crippen molar-refractivity contribution in [3.63, 3.8) is 0 Å². The van der Waals surface area contributed by atoms with Crippen molar-refractivity contribution in [2.45, 2.75) is 32.7 Å². The van der Waals surface area contributed by atoms with Gasteiger partial charge in [-0.15, -0.1) is 0 Å². The molecule has 0 amide bonds. The molecule has 4 rings (SSSR count). The maximum absolute atomic E-state index is 9.13. The Morgan fingerprint density at radius 3 is 2.79 bits per heavy atom. The first-order valence-corrected chi connectivity index (χ1v) is 8.24. The number of aromatic nitrogens is 4. The van der Waals surface area contributed by atoms with Gasteiger partial charge in [-0.1, -0.05) is 30.3 Å². The Balaban J connectivity index is 1.45. The molecule has 1 aromatic carbocycles. The summed E-state index contributed by atoms with van der Waals surface area (Å²) in [7, 11) is 0. The van der Waals surface area contributed by atoms with E-state index in [1.54, 1.807) is 0 Å². The van der Waals surface area contributed by atoms with Gasteiger partial charge in [0.25, 0.3) is 0 Å². The Bertz CT molecular complexity index is 808. The van der Waals surface area contributed by atoms with Crippen LogP contribution in [0.1, 0.15) is 22.6 Å². The van der Waals surface area contributed by atoms with Gasteiger partial charge in [0, 0.05) is 37.6 Å². The van der Waals surface area contributed by atoms with Gasteiger partial charge < -0.3 is 9.67 Å². The van der Waals surface area contributed by atoms with Crippen LogP contribution in [-0.2, 0) is 32.7 Å². The minimum absolute atomic E-state index is 0.121. The third-order valence-electron chi connectivity index (χ3n) is 4.48. The van der Waals surface area contributed by atoms with Crippen molar-refractivity contribution in [2.24, 2.45) is 0 Å². The van der Waals surface area contributed by atoms with Crippen LogP contribution in [0.25, 0.3) is 0 Å². The number of aliphatic hydroxyl groups is 1. The van der Waals surface area contributed by atoms with E-state index in [0.29, 0.717) is 6.54 Å². The maximum atomic E-state index is 9.13. The molecule has 6 nitrogen and oxygen atoms in total. The molecule has 0 fully saturated rings. The number of hydrogen-bond donors (Lipinski definition) is 1. The van der Waals surface area contributed by atoms with E-state index >= 15 is 0 Å². The SMILES string of the molecule is OCCn1ncc2c1CN(Cc1nccn1Cc1ccccc1)C2. The van der Waals surface area contributed by atoms with Crippen molar-refractivity contribution < 1.29 is 5.11 Å². The van der Waals surface area contributed by atoms with Crippen molar-refractivity contribution in [1.82, 2.24) is 24.2 Å². The highest BCUT2D eigenvalue weighted by Gasteiger charge is 2.24. The fraction of sp³-hybridized carbons (Fsp3) is 0.333. The second-order valence-corrected chi connectivity index (χ2v) is 6.17. The van der Waals surface area contributed by atoms with Gasteiger partial charge >= 0.3 is 0 Å². The summed E-state index contributed by atoms with van der Waals surface area (Å²) in [4.78, 5) is 6.91. The van der Waals surface area contributed by atoms with Gasteiger partial charge in [-0.3, -0.25) is 9.58 Å². The summed E-state index contributed by atoms with van der Waals surface area (Å²) in [6.07, 6.45) is 5.83. The van der Waals surface area contributed by atoms with Gasteiger partial charge in [0.15, 0.2) is 0 Å². The summed E-state index contributed by atoms with van der Waals surface area (Å²) < 4.78 is 4.12. The molecule has 6 heteroatoms. The lowest BCUT2D eigenvalue weighted by Gasteiger charge is -2.16. The third-order valence-corrected chi connectivity index (χ3v) is 4.48. The normalized spacial score (nSPS) is 14.2. The van der Waals surface area contributed by atoms with Crippen molar-refractivity contribution >= 4 is 0 Å². The van der Waals surface area contributed by atoms with Crippen LogP contribution in [0.4, 0.5) is 0 Å². The number of imidazole rings is 1. The van der Waals surface area contributed by atoms with Crippen LogP contribution >= 0.6 is 0 Å². The quantitative estimate of drug-likeness (QED) is 0.749. The minimum atomic E-state index is 0.121. The lowest BCUT2D eigenvalue weighted by atomic mass is 10.2. The maximum Gasteiger partial charge on any atom is 0.123 e. The van der Waals surface area contributed by atoms with Gasteiger partial charge in [-0.25, -0.2) is 4.98 Å². The minimum Gasteiger partial charge on any atom is -0.394 e. The molecule has 0 bridgehead atoms. The van der Waals surface area contributed by atoms with Gasteiger partial charge in [0.05, 0.1) is 31.6 Å². The van der Waals surface area contributed by atoms with E-state index in [1.807, 2.05) is 29.3 Å². The zero-order valence-electron chi connectivity index (χ0n) is 13.5. The lowest BCUT2D eigenvalue weighted by molar-refractivity contribution is 0.245. The summed E-state index contributed by atoms with van der Waals surface area (Å²) >= 11 is 0. The summed E-state index contributed by atoms with van der Waals surface area (Å²) in [6.45, 7) is 4.08. The van der Waals surface area contributed by atoms with Crippen LogP contribution in [0.15, 0.2) is 48.9 Å². The first kappa shape index (κ1) is 15.1. The summed E-state index contributed by atoms with van der Waals surface area (Å²) in [5, 5.41) is 13.5. The van der Waals surface area contributed by atoms with E-state index in [0.717, 1.165) is 32.0 Å². The first-order chi connectivity index (χ1) is 11.8. The zero-order chi connectivity index (χ0) is 16.4. The molecular formula is C18H21N5O. The highest BCUT2D eigenvalue weighted by atomic mass is 16.3. The highest BCUT2D eigenvalue weighted by molar-refractivity contribution is 5.22. The number of fused-ring (bicyclic) bond motifs is 1. The van der Waals surface area contributed by atoms with Crippen LogP contribution < -0.4 is 0 Å². The molecule has 0 saturated carbocycles. The second-order valence-electron chi connectivity index (χ2n) is 6.17. The smallest absolute Gasteiger partial charge is 0.123 e. The molecular weight excluding hydrogens is 302 g/mol. The number of hydrogen-bond acceptors (Lipinski definition) is 4. The summed E-state index contributed by atoms with van der Waals surface area (Å²) in [5.41, 5.74) is 3.75. The number of nitrogens with zero attached hydrogens (tertiary/aromatic N) is 5. The van der Waals surface area contributed by atoms with Crippen molar-refractivity contribution in [3.8, 4) is 0 Å². The summed E-state index contributed by atoms with van der Waals surface area (Å²) in [5.74, 6) is 1.07. The van der Waals surface area contributed by atoms with Gasteiger partial charge in [-0.05, 0) is 5.56 Å². The van der Waals surface area contributed by atoms with Crippen LogP contribution in [0.2, 0.25) is 0 Å². The van der Waals surface area contributed by atoms with Gasteiger partial charge in [-0.2, -0.15) is 5.10 Å². The van der Waals surface area contributed by atoms with Crippen molar-refractivity contribution in [2.75, 3.05) is 6.61 Å². The average molecular weight is 323 g/mol. The molecule has 0 saturated heterocycles. The number of benzene rings is 1. The van der Waals surface area contributed by atoms with Crippen LogP contribution in [0, 0.1) is 0 Å². The predicted octanol–water partition coefficient (Wildman–Crippen LogP) is 1.64. The van der Waals surface area contributed by atoms with Gasteiger partial charge in [0.1, 0.15) is 5.82 Å². The zero-order valence-corrected chi connectivity index (χ0v) is 13.5. The number of aliphatic hydroxyl groups excluding tert-OH is 1. The predicted molar refractivity (Wildman–Crippen MR) is 90.0 cm³/mol. The Labute approximate surface area is 141 Å². The highest BCUT2D eigenvalue weighted by Crippen LogP contribution is 2.24. The Morgan fingerprint density at radius 1 is 1.08 bits per heavy atom. The molecule has 1 N–H and O–H groups in total.